The second-order valence-corrected chi connectivity index (χ2v) is 4.11. The molecule has 1 amide bonds. The zero-order valence-corrected chi connectivity index (χ0v) is 10.3. The van der Waals surface area contributed by atoms with Crippen LogP contribution in [0.25, 0.3) is 0 Å². The number of carbonyl (C=O) groups is 1. The van der Waals surface area contributed by atoms with Gasteiger partial charge >= 0.3 is 5.65 Å². The highest BCUT2D eigenvalue weighted by Crippen LogP contribution is 2.35. The van der Waals surface area contributed by atoms with Crippen molar-refractivity contribution in [2.75, 3.05) is 0 Å². The molecule has 86 valence electrons. The van der Waals surface area contributed by atoms with Gasteiger partial charge in [-0.15, -0.1) is 0 Å². The molecule has 2 aromatic rings. The Morgan fingerprint density at radius 1 is 0.882 bits per heavy atom. The first-order chi connectivity index (χ1) is 8.15. The van der Waals surface area contributed by atoms with E-state index in [1.54, 1.807) is 48.5 Å². The minimum absolute atomic E-state index is 0.402. The molecule has 0 bridgehead atoms. The summed E-state index contributed by atoms with van der Waals surface area (Å²) in [5, 5.41) is 12.8. The van der Waals surface area contributed by atoms with Crippen LogP contribution >= 0.6 is 9.24 Å². The van der Waals surface area contributed by atoms with Crippen LogP contribution in [-0.2, 0) is 0 Å². The topological polar surface area (TPSA) is 40.1 Å². The molecule has 4 heteroatoms. The second kappa shape index (κ2) is 4.76. The summed E-state index contributed by atoms with van der Waals surface area (Å²) >= 11 is 0. The van der Waals surface area contributed by atoms with Crippen molar-refractivity contribution in [2.24, 2.45) is 0 Å². The van der Waals surface area contributed by atoms with E-state index >= 15 is 0 Å². The van der Waals surface area contributed by atoms with Gasteiger partial charge in [0.1, 0.15) is 11.4 Å². The van der Waals surface area contributed by atoms with Gasteiger partial charge in [0, 0.05) is 33.5 Å². The van der Waals surface area contributed by atoms with E-state index < -0.39 is 10.3 Å². The number of hydrogen-bond donors (Lipinski definition) is 0. The van der Waals surface area contributed by atoms with Crippen LogP contribution in [0.1, 0.15) is 0 Å². The first-order valence-electron chi connectivity index (χ1n) is 5.17. The number of hydrogen-bond acceptors (Lipinski definition) is 2. The molecular weight excluding hydrogens is 233 g/mol. The summed E-state index contributed by atoms with van der Waals surface area (Å²) in [6, 6.07) is 17.2. The lowest BCUT2D eigenvalue weighted by atomic mass is 10.2. The molecule has 0 fully saturated rings. The summed E-state index contributed by atoms with van der Waals surface area (Å²) in [6.07, 6.45) is 0. The summed E-state index contributed by atoms with van der Waals surface area (Å²) in [5.41, 5.74) is 0.264. The third kappa shape index (κ3) is 2.13. The lowest BCUT2D eigenvalue weighted by Crippen LogP contribution is -2.39. The average Bonchev–Trinajstić information content (AvgIpc) is 2.39. The smallest absolute Gasteiger partial charge is 0.336 e. The van der Waals surface area contributed by atoms with Gasteiger partial charge in [-0.05, 0) is 0 Å². The van der Waals surface area contributed by atoms with E-state index in [-0.39, 0.29) is 0 Å². The molecule has 0 aliphatic rings. The predicted octanol–water partition coefficient (Wildman–Crippen LogP) is 3.82. The number of quaternary nitrogens is 1. The van der Waals surface area contributed by atoms with E-state index in [0.717, 1.165) is 0 Å². The average molecular weight is 245 g/mol. The Hall–Kier alpha value is -1.54. The zero-order valence-electron chi connectivity index (χ0n) is 9.11. The molecule has 0 aromatic heterocycles. The number of nitrogens with zero attached hydrogens (tertiary/aromatic N) is 1. The molecule has 2 rings (SSSR count). The molecule has 1 unspecified atom stereocenters. The largest absolute Gasteiger partial charge is 0.614 e. The van der Waals surface area contributed by atoms with Crippen LogP contribution in [0.2, 0.25) is 0 Å². The van der Waals surface area contributed by atoms with E-state index in [1.165, 1.54) is 0 Å². The fourth-order valence-electron chi connectivity index (χ4n) is 1.68. The maximum absolute atomic E-state index is 12.8. The molecule has 3 nitrogen and oxygen atoms in total. The van der Waals surface area contributed by atoms with Gasteiger partial charge in [0.15, 0.2) is 0 Å². The van der Waals surface area contributed by atoms with Crippen LogP contribution < -0.4 is 4.65 Å². The quantitative estimate of drug-likeness (QED) is 0.458. The van der Waals surface area contributed by atoms with Crippen LogP contribution in [0, 0.1) is 5.21 Å². The van der Waals surface area contributed by atoms with Crippen molar-refractivity contribution in [3.05, 3.63) is 65.9 Å². The van der Waals surface area contributed by atoms with Gasteiger partial charge in [-0.25, -0.2) is 9.44 Å². The lowest BCUT2D eigenvalue weighted by molar-refractivity contribution is 0.249. The molecule has 0 spiro atoms. The predicted molar refractivity (Wildman–Crippen MR) is 72.8 cm³/mol. The van der Waals surface area contributed by atoms with Crippen molar-refractivity contribution in [1.29, 1.82) is 0 Å². The number of amides is 1. The molecule has 0 saturated carbocycles. The van der Waals surface area contributed by atoms with Crippen LogP contribution in [-0.4, -0.2) is 5.65 Å². The van der Waals surface area contributed by atoms with Crippen LogP contribution in [0.15, 0.2) is 60.7 Å². The van der Waals surface area contributed by atoms with E-state index in [1.807, 2.05) is 21.4 Å². The number of hydroxylamine groups is 1. The molecule has 0 radical (unpaired) electrons. The van der Waals surface area contributed by atoms with Gasteiger partial charge in [-0.1, -0.05) is 36.4 Å². The lowest BCUT2D eigenvalue weighted by Gasteiger charge is -2.37. The summed E-state index contributed by atoms with van der Waals surface area (Å²) in [5.74, 6) is 0. The number of rotatable bonds is 2. The SMILES string of the molecule is O=C(P)[N+]([O-])(c1ccccc1)c1ccccc1. The van der Waals surface area contributed by atoms with Crippen molar-refractivity contribution >= 4 is 26.3 Å². The molecule has 0 saturated heterocycles. The number of para-hydroxylation sites is 2. The minimum atomic E-state index is -1.09. The fraction of sp³-hybridized carbons (Fsp3) is 0. The fourth-order valence-corrected chi connectivity index (χ4v) is 1.98. The maximum Gasteiger partial charge on any atom is 0.336 e. The maximum atomic E-state index is 12.8. The highest BCUT2D eigenvalue weighted by atomic mass is 31.0. The summed E-state index contributed by atoms with van der Waals surface area (Å²) in [7, 11) is 1.97. The molecule has 0 aliphatic heterocycles. The number of benzene rings is 2. The van der Waals surface area contributed by atoms with Crippen LogP contribution in [0.3, 0.4) is 0 Å². The Bertz CT molecular complexity index is 474. The Kier molecular flexibility index (Phi) is 3.34. The highest BCUT2D eigenvalue weighted by Gasteiger charge is 2.29. The summed E-state index contributed by atoms with van der Waals surface area (Å²) in [4.78, 5) is 11.7. The molecule has 0 aliphatic carbocycles. The van der Waals surface area contributed by atoms with Crippen molar-refractivity contribution in [3.63, 3.8) is 0 Å². The molecule has 17 heavy (non-hydrogen) atoms. The van der Waals surface area contributed by atoms with Gasteiger partial charge < -0.3 is 5.21 Å². The molecule has 0 N–H and O–H groups in total. The Labute approximate surface area is 102 Å². The van der Waals surface area contributed by atoms with Gasteiger partial charge in [0.05, 0.1) is 0 Å². The number of carbonyl (C=O) groups excluding carboxylic acids is 1. The van der Waals surface area contributed by atoms with Gasteiger partial charge in [0.25, 0.3) is 0 Å². The Morgan fingerprint density at radius 2 is 1.24 bits per heavy atom. The van der Waals surface area contributed by atoms with Crippen LogP contribution in [0.4, 0.5) is 16.2 Å². The Morgan fingerprint density at radius 3 is 1.53 bits per heavy atom. The standard InChI is InChI=1S/C13H12NO2P/c15-13(17)14(16,11-7-3-1-4-8-11)12-9-5-2-6-10-12/h1-10H,17H2. The van der Waals surface area contributed by atoms with Gasteiger partial charge in [-0.2, -0.15) is 0 Å². The van der Waals surface area contributed by atoms with E-state index in [4.69, 9.17) is 0 Å². The molecule has 0 heterocycles. The second-order valence-electron chi connectivity index (χ2n) is 3.62. The third-order valence-electron chi connectivity index (χ3n) is 2.55. The summed E-state index contributed by atoms with van der Waals surface area (Å²) < 4.78 is -1.09. The molecular formula is C13H12NO2P. The minimum Gasteiger partial charge on any atom is -0.614 e. The molecule has 2 aromatic carbocycles. The Balaban J connectivity index is 2.59. The summed E-state index contributed by atoms with van der Waals surface area (Å²) in [6.45, 7) is 0. The monoisotopic (exact) mass is 245 g/mol. The zero-order chi connectivity index (χ0) is 12.3. The van der Waals surface area contributed by atoms with E-state index in [9.17, 15) is 10.0 Å². The normalized spacial score (nSPS) is 11.2. The van der Waals surface area contributed by atoms with E-state index in [2.05, 4.69) is 0 Å². The third-order valence-corrected chi connectivity index (χ3v) is 2.91. The highest BCUT2D eigenvalue weighted by molar-refractivity contribution is 7.40. The van der Waals surface area contributed by atoms with Crippen LogP contribution in [0.5, 0.6) is 0 Å². The van der Waals surface area contributed by atoms with Crippen molar-refractivity contribution in [2.45, 2.75) is 0 Å². The van der Waals surface area contributed by atoms with Gasteiger partial charge in [0.2, 0.25) is 0 Å². The first kappa shape index (κ1) is 11.9. The van der Waals surface area contributed by atoms with E-state index in [0.29, 0.717) is 11.4 Å². The van der Waals surface area contributed by atoms with Crippen molar-refractivity contribution in [1.82, 2.24) is 4.65 Å². The first-order valence-corrected chi connectivity index (χ1v) is 5.74. The molecule has 1 atom stereocenters. The van der Waals surface area contributed by atoms with Crippen molar-refractivity contribution in [3.8, 4) is 0 Å². The van der Waals surface area contributed by atoms with Gasteiger partial charge in [-0.3, -0.25) is 0 Å². The van der Waals surface area contributed by atoms with Crippen molar-refractivity contribution < 1.29 is 4.79 Å².